The molecule has 1 unspecified atom stereocenters. The van der Waals surface area contributed by atoms with E-state index in [4.69, 9.17) is 9.47 Å². The molecule has 27 heavy (non-hydrogen) atoms. The van der Waals surface area contributed by atoms with Crippen molar-refractivity contribution in [3.8, 4) is 0 Å². The fraction of sp³-hybridized carbons (Fsp3) is 0.600. The molecular formula is C20H29FN2O4. The third kappa shape index (κ3) is 7.45. The Morgan fingerprint density at radius 3 is 2.63 bits per heavy atom. The van der Waals surface area contributed by atoms with Gasteiger partial charge in [-0.1, -0.05) is 30.3 Å². The van der Waals surface area contributed by atoms with E-state index in [1.807, 2.05) is 30.3 Å². The van der Waals surface area contributed by atoms with Crippen LogP contribution in [-0.4, -0.2) is 48.0 Å². The normalized spacial score (nSPS) is 20.1. The van der Waals surface area contributed by atoms with Crippen molar-refractivity contribution in [3.05, 3.63) is 35.9 Å². The second-order valence-electron chi connectivity index (χ2n) is 7.89. The number of nitrogens with one attached hydrogen (secondary N) is 1. The summed E-state index contributed by atoms with van der Waals surface area (Å²) in [6.07, 6.45) is -0.0461. The van der Waals surface area contributed by atoms with Crippen molar-refractivity contribution in [1.82, 2.24) is 10.2 Å². The van der Waals surface area contributed by atoms with Gasteiger partial charge in [0, 0.05) is 19.5 Å². The van der Waals surface area contributed by atoms with E-state index in [1.54, 1.807) is 20.8 Å². The van der Waals surface area contributed by atoms with Crippen molar-refractivity contribution in [1.29, 1.82) is 0 Å². The van der Waals surface area contributed by atoms with Gasteiger partial charge in [0.05, 0.1) is 6.54 Å². The molecule has 0 aliphatic carbocycles. The van der Waals surface area contributed by atoms with Crippen molar-refractivity contribution in [2.24, 2.45) is 0 Å². The number of nitrogens with zero attached hydrogens (tertiary/aromatic N) is 1. The highest BCUT2D eigenvalue weighted by Crippen LogP contribution is 2.29. The average Bonchev–Trinajstić information content (AvgIpc) is 2.59. The van der Waals surface area contributed by atoms with E-state index in [2.05, 4.69) is 5.32 Å². The Kier molecular flexibility index (Phi) is 7.05. The summed E-state index contributed by atoms with van der Waals surface area (Å²) in [5.74, 6) is 0. The Bertz CT molecular complexity index is 633. The molecular weight excluding hydrogens is 351 g/mol. The zero-order valence-corrected chi connectivity index (χ0v) is 16.3. The van der Waals surface area contributed by atoms with Crippen molar-refractivity contribution in [3.63, 3.8) is 0 Å². The predicted molar refractivity (Wildman–Crippen MR) is 100 cm³/mol. The number of carbonyl (C=O) groups is 2. The van der Waals surface area contributed by atoms with E-state index in [9.17, 15) is 9.59 Å². The number of hydrogen-bond donors (Lipinski definition) is 1. The number of rotatable bonds is 5. The molecule has 6 nitrogen and oxygen atoms in total. The first-order valence-corrected chi connectivity index (χ1v) is 9.28. The van der Waals surface area contributed by atoms with Gasteiger partial charge in [-0.3, -0.25) is 0 Å². The number of carbonyl (C=O) groups excluding carboxylic acids is 2. The van der Waals surface area contributed by atoms with Crippen molar-refractivity contribution >= 4 is 12.2 Å². The minimum absolute atomic E-state index is 0.0251. The Morgan fingerprint density at radius 1 is 1.26 bits per heavy atom. The lowest BCUT2D eigenvalue weighted by Crippen LogP contribution is -2.50. The van der Waals surface area contributed by atoms with Gasteiger partial charge in [-0.05, 0) is 39.2 Å². The highest BCUT2D eigenvalue weighted by molar-refractivity contribution is 5.68. The monoisotopic (exact) mass is 380 g/mol. The first kappa shape index (κ1) is 21.0. The Balaban J connectivity index is 1.73. The average molecular weight is 380 g/mol. The van der Waals surface area contributed by atoms with Crippen LogP contribution < -0.4 is 5.32 Å². The lowest BCUT2D eigenvalue weighted by Gasteiger charge is -2.38. The second-order valence-corrected chi connectivity index (χ2v) is 7.89. The quantitative estimate of drug-likeness (QED) is 0.837. The van der Waals surface area contributed by atoms with Crippen molar-refractivity contribution in [2.45, 2.75) is 57.9 Å². The largest absolute Gasteiger partial charge is 0.445 e. The van der Waals surface area contributed by atoms with Crippen molar-refractivity contribution < 1.29 is 23.5 Å². The van der Waals surface area contributed by atoms with E-state index >= 15 is 4.39 Å². The zero-order valence-electron chi connectivity index (χ0n) is 16.3. The van der Waals surface area contributed by atoms with Gasteiger partial charge in [0.15, 0.2) is 0 Å². The fourth-order valence-electron chi connectivity index (χ4n) is 2.94. The van der Waals surface area contributed by atoms with E-state index in [1.165, 1.54) is 4.90 Å². The highest BCUT2D eigenvalue weighted by atomic mass is 19.1. The maximum absolute atomic E-state index is 15.1. The third-order valence-electron chi connectivity index (χ3n) is 4.23. The molecule has 0 aromatic heterocycles. The summed E-state index contributed by atoms with van der Waals surface area (Å²) >= 11 is 0. The predicted octanol–water partition coefficient (Wildman–Crippen LogP) is 4.04. The Labute approximate surface area is 160 Å². The zero-order chi connectivity index (χ0) is 19.9. The topological polar surface area (TPSA) is 67.9 Å². The summed E-state index contributed by atoms with van der Waals surface area (Å²) in [6.45, 7) is 6.11. The van der Waals surface area contributed by atoms with E-state index in [-0.39, 0.29) is 26.1 Å². The standard InChI is InChI=1S/C20H29FN2O4/c1-19(2,3)27-18(25)23-13-7-10-20(21,15-23)11-12-22-17(24)26-14-16-8-5-4-6-9-16/h4-6,8-9H,7,10-15H2,1-3H3,(H,22,24). The maximum Gasteiger partial charge on any atom is 0.410 e. The fourth-order valence-corrected chi connectivity index (χ4v) is 2.94. The van der Waals surface area contributed by atoms with Crippen LogP contribution in [0.1, 0.15) is 45.6 Å². The SMILES string of the molecule is CC(C)(C)OC(=O)N1CCCC(F)(CCNC(=O)OCc2ccccc2)C1. The molecule has 1 aromatic rings. The number of hydrogen-bond acceptors (Lipinski definition) is 4. The number of halogens is 1. The summed E-state index contributed by atoms with van der Waals surface area (Å²) in [5.41, 5.74) is -1.27. The molecule has 150 valence electrons. The number of amides is 2. The molecule has 1 atom stereocenters. The summed E-state index contributed by atoms with van der Waals surface area (Å²) < 4.78 is 25.5. The molecule has 1 aliphatic rings. The summed E-state index contributed by atoms with van der Waals surface area (Å²) in [7, 11) is 0. The molecule has 0 spiro atoms. The molecule has 1 aliphatic heterocycles. The molecule has 1 aromatic carbocycles. The van der Waals surface area contributed by atoms with Crippen LogP contribution in [0.25, 0.3) is 0 Å². The van der Waals surface area contributed by atoms with Crippen LogP contribution in [0.2, 0.25) is 0 Å². The molecule has 2 amide bonds. The van der Waals surface area contributed by atoms with Gasteiger partial charge in [-0.25, -0.2) is 14.0 Å². The van der Waals surface area contributed by atoms with Crippen LogP contribution >= 0.6 is 0 Å². The van der Waals surface area contributed by atoms with Gasteiger partial charge < -0.3 is 19.7 Å². The van der Waals surface area contributed by atoms with Crippen LogP contribution in [0.4, 0.5) is 14.0 Å². The number of benzene rings is 1. The van der Waals surface area contributed by atoms with Crippen LogP contribution in [-0.2, 0) is 16.1 Å². The number of alkyl carbamates (subject to hydrolysis) is 1. The molecule has 1 heterocycles. The van der Waals surface area contributed by atoms with Gasteiger partial charge in [-0.15, -0.1) is 0 Å². The minimum atomic E-state index is -1.54. The van der Waals surface area contributed by atoms with Gasteiger partial charge in [0.25, 0.3) is 0 Å². The lowest BCUT2D eigenvalue weighted by molar-refractivity contribution is -0.00748. The summed E-state index contributed by atoms with van der Waals surface area (Å²) in [6, 6.07) is 9.33. The Morgan fingerprint density at radius 2 is 1.96 bits per heavy atom. The molecule has 0 bridgehead atoms. The minimum Gasteiger partial charge on any atom is -0.445 e. The molecule has 0 radical (unpaired) electrons. The number of likely N-dealkylation sites (tertiary alicyclic amines) is 1. The maximum atomic E-state index is 15.1. The number of piperidine rings is 1. The smallest absolute Gasteiger partial charge is 0.410 e. The van der Waals surface area contributed by atoms with Gasteiger partial charge in [0.1, 0.15) is 17.9 Å². The van der Waals surface area contributed by atoms with Crippen LogP contribution in [0.5, 0.6) is 0 Å². The third-order valence-corrected chi connectivity index (χ3v) is 4.23. The van der Waals surface area contributed by atoms with Crippen LogP contribution in [0.3, 0.4) is 0 Å². The number of ether oxygens (including phenoxy) is 2. The first-order valence-electron chi connectivity index (χ1n) is 9.28. The first-order chi connectivity index (χ1) is 12.7. The molecule has 0 saturated carbocycles. The molecule has 1 fully saturated rings. The summed E-state index contributed by atoms with van der Waals surface area (Å²) in [5, 5.41) is 2.57. The number of alkyl halides is 1. The van der Waals surface area contributed by atoms with Gasteiger partial charge >= 0.3 is 12.2 Å². The van der Waals surface area contributed by atoms with Crippen LogP contribution in [0.15, 0.2) is 30.3 Å². The van der Waals surface area contributed by atoms with E-state index < -0.39 is 23.5 Å². The summed E-state index contributed by atoms with van der Waals surface area (Å²) in [4.78, 5) is 25.3. The second kappa shape index (κ2) is 9.06. The van der Waals surface area contributed by atoms with Crippen LogP contribution in [0, 0.1) is 0 Å². The van der Waals surface area contributed by atoms with Crippen molar-refractivity contribution in [2.75, 3.05) is 19.6 Å². The van der Waals surface area contributed by atoms with Gasteiger partial charge in [0.2, 0.25) is 0 Å². The molecule has 2 rings (SSSR count). The molecule has 1 saturated heterocycles. The van der Waals surface area contributed by atoms with E-state index in [0.717, 1.165) is 5.56 Å². The van der Waals surface area contributed by atoms with Gasteiger partial charge in [-0.2, -0.15) is 0 Å². The van der Waals surface area contributed by atoms with E-state index in [0.29, 0.717) is 19.4 Å². The Hall–Kier alpha value is -2.31. The lowest BCUT2D eigenvalue weighted by atomic mass is 9.91. The highest BCUT2D eigenvalue weighted by Gasteiger charge is 2.38. The molecule has 7 heteroatoms. The molecule has 1 N–H and O–H groups in total.